The molecule has 0 unspecified atom stereocenters. The number of amides is 1. The predicted octanol–water partition coefficient (Wildman–Crippen LogP) is 3.15. The van der Waals surface area contributed by atoms with Gasteiger partial charge in [-0.2, -0.15) is 5.10 Å². The fourth-order valence-corrected chi connectivity index (χ4v) is 5.22. The van der Waals surface area contributed by atoms with E-state index in [1.807, 2.05) is 6.20 Å². The lowest BCUT2D eigenvalue weighted by Gasteiger charge is -2.26. The van der Waals surface area contributed by atoms with Crippen LogP contribution in [-0.2, 0) is 17.6 Å². The van der Waals surface area contributed by atoms with Gasteiger partial charge in [0, 0.05) is 37.3 Å². The van der Waals surface area contributed by atoms with Crippen molar-refractivity contribution in [2.75, 3.05) is 39.4 Å². The van der Waals surface area contributed by atoms with Crippen molar-refractivity contribution >= 4 is 5.91 Å². The van der Waals surface area contributed by atoms with Crippen molar-refractivity contribution in [3.8, 4) is 17.2 Å². The van der Waals surface area contributed by atoms with Crippen LogP contribution in [0.4, 0.5) is 0 Å². The normalized spacial score (nSPS) is 17.9. The van der Waals surface area contributed by atoms with Crippen LogP contribution >= 0.6 is 0 Å². The van der Waals surface area contributed by atoms with Crippen LogP contribution in [-0.4, -0.2) is 69.9 Å². The van der Waals surface area contributed by atoms with E-state index in [0.29, 0.717) is 24.0 Å². The molecule has 3 aliphatic rings. The maximum atomic E-state index is 13.1. The van der Waals surface area contributed by atoms with E-state index in [1.54, 1.807) is 10.9 Å². The molecule has 0 spiro atoms. The van der Waals surface area contributed by atoms with E-state index in [0.717, 1.165) is 82.8 Å². The molecule has 6 rings (SSSR count). The molecule has 3 heterocycles. The van der Waals surface area contributed by atoms with Crippen molar-refractivity contribution in [1.82, 2.24) is 30.0 Å². The smallest absolute Gasteiger partial charge is 0.254 e. The molecule has 1 aromatic carbocycles. The summed E-state index contributed by atoms with van der Waals surface area (Å²) in [7, 11) is 0. The van der Waals surface area contributed by atoms with Crippen LogP contribution in [0.3, 0.4) is 0 Å². The van der Waals surface area contributed by atoms with Crippen molar-refractivity contribution in [2.24, 2.45) is 0 Å². The summed E-state index contributed by atoms with van der Waals surface area (Å²) in [5.74, 6) is 0.829. The number of hydrogen-bond acceptors (Lipinski definition) is 6. The van der Waals surface area contributed by atoms with Gasteiger partial charge in [0.2, 0.25) is 0 Å². The third kappa shape index (κ3) is 4.73. The highest BCUT2D eigenvalue weighted by molar-refractivity contribution is 5.95. The van der Waals surface area contributed by atoms with Gasteiger partial charge in [-0.25, -0.2) is 14.6 Å². The summed E-state index contributed by atoms with van der Waals surface area (Å²) in [6.07, 6.45) is 9.80. The molecule has 0 atom stereocenters. The van der Waals surface area contributed by atoms with Crippen molar-refractivity contribution in [2.45, 2.75) is 44.4 Å². The molecule has 2 fully saturated rings. The van der Waals surface area contributed by atoms with Crippen LogP contribution in [0.1, 0.15) is 58.8 Å². The average molecular weight is 473 g/mol. The molecule has 182 valence electrons. The third-order valence-corrected chi connectivity index (χ3v) is 7.26. The van der Waals surface area contributed by atoms with Crippen LogP contribution < -0.4 is 5.32 Å². The van der Waals surface area contributed by atoms with Gasteiger partial charge in [0.25, 0.3) is 11.9 Å². The SMILES string of the molecule is O=C(NCCCN1CCOCC1)c1cnn(-c2ncc3c(n2)-c2ccccc2CCC3)c1C1CC1. The molecule has 35 heavy (non-hydrogen) atoms. The fraction of sp³-hybridized carbons (Fsp3) is 0.481. The first kappa shape index (κ1) is 22.4. The van der Waals surface area contributed by atoms with Crippen LogP contribution in [0, 0.1) is 0 Å². The lowest BCUT2D eigenvalue weighted by Crippen LogP contribution is -2.38. The van der Waals surface area contributed by atoms with Gasteiger partial charge in [-0.15, -0.1) is 0 Å². The molecule has 1 saturated carbocycles. The molecule has 0 bridgehead atoms. The van der Waals surface area contributed by atoms with Crippen LogP contribution in [0.5, 0.6) is 0 Å². The summed E-state index contributed by atoms with van der Waals surface area (Å²) >= 11 is 0. The molecule has 1 amide bonds. The lowest BCUT2D eigenvalue weighted by atomic mass is 10.0. The minimum absolute atomic E-state index is 0.0553. The number of fused-ring (bicyclic) bond motifs is 3. The van der Waals surface area contributed by atoms with E-state index in [9.17, 15) is 4.79 Å². The molecule has 2 aliphatic carbocycles. The number of morpholine rings is 1. The highest BCUT2D eigenvalue weighted by atomic mass is 16.5. The Morgan fingerprint density at radius 1 is 1.09 bits per heavy atom. The van der Waals surface area contributed by atoms with E-state index < -0.39 is 0 Å². The molecule has 1 aliphatic heterocycles. The van der Waals surface area contributed by atoms with Gasteiger partial charge in [0.15, 0.2) is 0 Å². The molecular formula is C27H32N6O2. The van der Waals surface area contributed by atoms with Crippen LogP contribution in [0.25, 0.3) is 17.2 Å². The van der Waals surface area contributed by atoms with Crippen molar-refractivity contribution in [3.05, 3.63) is 59.0 Å². The summed E-state index contributed by atoms with van der Waals surface area (Å²) in [6.45, 7) is 5.16. The van der Waals surface area contributed by atoms with E-state index in [1.165, 1.54) is 16.7 Å². The fourth-order valence-electron chi connectivity index (χ4n) is 5.22. The predicted molar refractivity (Wildman–Crippen MR) is 133 cm³/mol. The third-order valence-electron chi connectivity index (χ3n) is 7.26. The van der Waals surface area contributed by atoms with E-state index >= 15 is 0 Å². The number of ether oxygens (including phenoxy) is 1. The first-order valence-electron chi connectivity index (χ1n) is 12.9. The minimum atomic E-state index is -0.0553. The lowest BCUT2D eigenvalue weighted by molar-refractivity contribution is 0.0374. The Labute approximate surface area is 205 Å². The zero-order chi connectivity index (χ0) is 23.6. The molecule has 3 aromatic rings. The Kier molecular flexibility index (Phi) is 6.31. The summed E-state index contributed by atoms with van der Waals surface area (Å²) in [5.41, 5.74) is 6.28. The number of hydrogen-bond donors (Lipinski definition) is 1. The highest BCUT2D eigenvalue weighted by Gasteiger charge is 2.34. The summed E-state index contributed by atoms with van der Waals surface area (Å²) in [5, 5.41) is 7.71. The summed E-state index contributed by atoms with van der Waals surface area (Å²) in [4.78, 5) is 25.2. The Balaban J connectivity index is 1.22. The molecular weight excluding hydrogens is 440 g/mol. The molecule has 1 saturated heterocycles. The standard InChI is InChI=1S/C27H32N6O2/c34-26(28-11-4-12-32-13-15-35-16-14-32)23-18-30-33(25(23)20-9-10-20)27-29-17-21-7-3-6-19-5-1-2-8-22(19)24(21)31-27/h1-2,5,8,17-18,20H,3-4,6-7,9-16H2,(H,28,34). The van der Waals surface area contributed by atoms with Gasteiger partial charge in [-0.3, -0.25) is 9.69 Å². The number of benzene rings is 1. The number of aryl methyl sites for hydroxylation is 2. The van der Waals surface area contributed by atoms with Gasteiger partial charge in [-0.1, -0.05) is 24.3 Å². The van der Waals surface area contributed by atoms with E-state index in [2.05, 4.69) is 44.6 Å². The molecule has 2 aromatic heterocycles. The summed E-state index contributed by atoms with van der Waals surface area (Å²) < 4.78 is 7.21. The average Bonchev–Trinajstić information content (AvgIpc) is 3.68. The minimum Gasteiger partial charge on any atom is -0.379 e. The van der Waals surface area contributed by atoms with Crippen LogP contribution in [0.2, 0.25) is 0 Å². The Hall–Kier alpha value is -3.10. The maximum absolute atomic E-state index is 13.1. The number of rotatable bonds is 7. The number of nitrogens with zero attached hydrogens (tertiary/aromatic N) is 5. The first-order valence-corrected chi connectivity index (χ1v) is 12.9. The maximum Gasteiger partial charge on any atom is 0.254 e. The second-order valence-corrected chi connectivity index (χ2v) is 9.75. The zero-order valence-electron chi connectivity index (χ0n) is 20.1. The highest BCUT2D eigenvalue weighted by Crippen LogP contribution is 2.42. The van der Waals surface area contributed by atoms with Gasteiger partial charge < -0.3 is 10.1 Å². The largest absolute Gasteiger partial charge is 0.379 e. The molecule has 1 N–H and O–H groups in total. The monoisotopic (exact) mass is 472 g/mol. The van der Waals surface area contributed by atoms with E-state index in [4.69, 9.17) is 9.72 Å². The Bertz CT molecular complexity index is 1210. The van der Waals surface area contributed by atoms with E-state index in [-0.39, 0.29) is 5.91 Å². The van der Waals surface area contributed by atoms with Crippen molar-refractivity contribution in [3.63, 3.8) is 0 Å². The quantitative estimate of drug-likeness (QED) is 0.532. The second kappa shape index (κ2) is 9.87. The van der Waals surface area contributed by atoms with Gasteiger partial charge in [0.1, 0.15) is 0 Å². The zero-order valence-corrected chi connectivity index (χ0v) is 20.1. The number of aromatic nitrogens is 4. The number of nitrogens with one attached hydrogen (secondary N) is 1. The molecule has 8 heteroatoms. The second-order valence-electron chi connectivity index (χ2n) is 9.75. The number of carbonyl (C=O) groups excluding carboxylic acids is 1. The molecule has 8 nitrogen and oxygen atoms in total. The van der Waals surface area contributed by atoms with Gasteiger partial charge in [0.05, 0.1) is 36.4 Å². The van der Waals surface area contributed by atoms with Crippen molar-refractivity contribution in [1.29, 1.82) is 0 Å². The Morgan fingerprint density at radius 2 is 1.91 bits per heavy atom. The Morgan fingerprint density at radius 3 is 2.77 bits per heavy atom. The van der Waals surface area contributed by atoms with Gasteiger partial charge in [-0.05, 0) is 56.2 Å². The molecule has 0 radical (unpaired) electrons. The summed E-state index contributed by atoms with van der Waals surface area (Å²) in [6, 6.07) is 8.51. The topological polar surface area (TPSA) is 85.2 Å². The first-order chi connectivity index (χ1) is 17.3. The van der Waals surface area contributed by atoms with Crippen molar-refractivity contribution < 1.29 is 9.53 Å². The van der Waals surface area contributed by atoms with Crippen LogP contribution in [0.15, 0.2) is 36.7 Å². The van der Waals surface area contributed by atoms with Gasteiger partial charge >= 0.3 is 0 Å². The number of carbonyl (C=O) groups is 1.